The summed E-state index contributed by atoms with van der Waals surface area (Å²) >= 11 is 5.77. The van der Waals surface area contributed by atoms with Crippen molar-refractivity contribution in [3.63, 3.8) is 0 Å². The zero-order valence-electron chi connectivity index (χ0n) is 10.8. The maximum atomic E-state index is 11.0. The molecule has 0 aliphatic heterocycles. The van der Waals surface area contributed by atoms with E-state index in [1.54, 1.807) is 37.3 Å². The Hall–Kier alpha value is -2.20. The molecule has 2 aromatic carbocycles. The molecular weight excluding hydrogens is 280 g/mol. The Morgan fingerprint density at radius 1 is 1.25 bits per heavy atom. The second-order valence-electron chi connectivity index (χ2n) is 4.37. The minimum absolute atomic E-state index is 0.0788. The fourth-order valence-electron chi connectivity index (χ4n) is 1.82. The number of carboxylic acid groups (broad SMARTS) is 1. The van der Waals surface area contributed by atoms with Crippen molar-refractivity contribution in [3.05, 3.63) is 58.1 Å². The third kappa shape index (κ3) is 3.22. The van der Waals surface area contributed by atoms with Gasteiger partial charge >= 0.3 is 5.97 Å². The van der Waals surface area contributed by atoms with E-state index >= 15 is 0 Å². The van der Waals surface area contributed by atoms with Crippen molar-refractivity contribution in [2.45, 2.75) is 13.5 Å². The molecule has 0 aliphatic rings. The standard InChI is InChI=1S/C15H13ClO4/c1-9-6-10(14(17)13(7-9)15(18)19)8-20-12-4-2-11(16)3-5-12/h2-7,17H,8H2,1H3,(H,18,19). The van der Waals surface area contributed by atoms with Gasteiger partial charge in [-0.2, -0.15) is 0 Å². The van der Waals surface area contributed by atoms with Gasteiger partial charge in [-0.3, -0.25) is 0 Å². The number of phenols is 1. The van der Waals surface area contributed by atoms with E-state index in [0.29, 0.717) is 16.3 Å². The number of aromatic carboxylic acids is 1. The second kappa shape index (κ2) is 5.84. The van der Waals surface area contributed by atoms with Crippen molar-refractivity contribution >= 4 is 17.6 Å². The summed E-state index contributed by atoms with van der Waals surface area (Å²) in [5.74, 6) is -0.844. The highest BCUT2D eigenvalue weighted by Gasteiger charge is 2.14. The summed E-state index contributed by atoms with van der Waals surface area (Å²) in [6.07, 6.45) is 0. The number of aromatic hydroxyl groups is 1. The van der Waals surface area contributed by atoms with Crippen molar-refractivity contribution in [2.24, 2.45) is 0 Å². The predicted molar refractivity (Wildman–Crippen MR) is 75.6 cm³/mol. The molecule has 0 radical (unpaired) electrons. The first kappa shape index (κ1) is 14.2. The fraction of sp³-hybridized carbons (Fsp3) is 0.133. The minimum Gasteiger partial charge on any atom is -0.507 e. The Bertz CT molecular complexity index is 635. The van der Waals surface area contributed by atoms with Gasteiger partial charge in [0.25, 0.3) is 0 Å². The number of hydrogen-bond donors (Lipinski definition) is 2. The number of carboxylic acids is 1. The summed E-state index contributed by atoms with van der Waals surface area (Å²) in [7, 11) is 0. The second-order valence-corrected chi connectivity index (χ2v) is 4.80. The van der Waals surface area contributed by atoms with E-state index in [1.165, 1.54) is 6.07 Å². The number of aryl methyl sites for hydroxylation is 1. The Balaban J connectivity index is 2.21. The van der Waals surface area contributed by atoms with E-state index in [0.717, 1.165) is 5.56 Å². The van der Waals surface area contributed by atoms with Crippen LogP contribution in [-0.2, 0) is 6.61 Å². The van der Waals surface area contributed by atoms with Crippen LogP contribution < -0.4 is 4.74 Å². The molecule has 20 heavy (non-hydrogen) atoms. The van der Waals surface area contributed by atoms with Gasteiger partial charge in [-0.15, -0.1) is 0 Å². The Labute approximate surface area is 121 Å². The van der Waals surface area contributed by atoms with Crippen LogP contribution in [0.2, 0.25) is 5.02 Å². The number of hydrogen-bond acceptors (Lipinski definition) is 3. The first-order valence-corrected chi connectivity index (χ1v) is 6.29. The van der Waals surface area contributed by atoms with Crippen LogP contribution >= 0.6 is 11.6 Å². The molecule has 5 heteroatoms. The molecule has 2 N–H and O–H groups in total. The highest BCUT2D eigenvalue weighted by molar-refractivity contribution is 6.30. The third-order valence-corrected chi connectivity index (χ3v) is 3.02. The van der Waals surface area contributed by atoms with Gasteiger partial charge in [0.15, 0.2) is 0 Å². The van der Waals surface area contributed by atoms with Crippen molar-refractivity contribution in [1.29, 1.82) is 0 Å². The minimum atomic E-state index is -1.17. The van der Waals surface area contributed by atoms with E-state index in [9.17, 15) is 9.90 Å². The van der Waals surface area contributed by atoms with E-state index in [4.69, 9.17) is 21.4 Å². The highest BCUT2D eigenvalue weighted by atomic mass is 35.5. The maximum absolute atomic E-state index is 11.0. The predicted octanol–water partition coefficient (Wildman–Crippen LogP) is 3.63. The van der Waals surface area contributed by atoms with Crippen LogP contribution in [0.15, 0.2) is 36.4 Å². The van der Waals surface area contributed by atoms with Gasteiger partial charge in [-0.25, -0.2) is 4.79 Å². The Morgan fingerprint density at radius 2 is 1.90 bits per heavy atom. The average molecular weight is 293 g/mol. The number of ether oxygens (including phenoxy) is 1. The monoisotopic (exact) mass is 292 g/mol. The lowest BCUT2D eigenvalue weighted by Gasteiger charge is -2.11. The molecule has 0 saturated heterocycles. The van der Waals surface area contributed by atoms with Crippen LogP contribution in [0.1, 0.15) is 21.5 Å². The van der Waals surface area contributed by atoms with Crippen LogP contribution in [0.4, 0.5) is 0 Å². The number of rotatable bonds is 4. The third-order valence-electron chi connectivity index (χ3n) is 2.77. The zero-order valence-corrected chi connectivity index (χ0v) is 11.5. The van der Waals surface area contributed by atoms with Gasteiger partial charge in [0.05, 0.1) is 0 Å². The normalized spacial score (nSPS) is 10.3. The van der Waals surface area contributed by atoms with Gasteiger partial charge in [-0.05, 0) is 48.9 Å². The van der Waals surface area contributed by atoms with Gasteiger partial charge in [0, 0.05) is 10.6 Å². The van der Waals surface area contributed by atoms with E-state index in [1.807, 2.05) is 0 Å². The molecule has 0 aliphatic carbocycles. The summed E-state index contributed by atoms with van der Waals surface area (Å²) in [6.45, 7) is 1.84. The van der Waals surface area contributed by atoms with E-state index in [2.05, 4.69) is 0 Å². The van der Waals surface area contributed by atoms with Crippen molar-refractivity contribution in [3.8, 4) is 11.5 Å². The first-order valence-electron chi connectivity index (χ1n) is 5.91. The maximum Gasteiger partial charge on any atom is 0.339 e. The molecule has 0 amide bonds. The molecule has 0 aromatic heterocycles. The highest BCUT2D eigenvalue weighted by Crippen LogP contribution is 2.26. The summed E-state index contributed by atoms with van der Waals surface area (Å²) in [4.78, 5) is 11.0. The largest absolute Gasteiger partial charge is 0.507 e. The molecule has 0 unspecified atom stereocenters. The number of benzene rings is 2. The molecule has 0 atom stereocenters. The Morgan fingerprint density at radius 3 is 2.50 bits per heavy atom. The summed E-state index contributed by atoms with van der Waals surface area (Å²) in [5, 5.41) is 19.5. The van der Waals surface area contributed by atoms with Crippen molar-refractivity contribution < 1.29 is 19.7 Å². The summed E-state index contributed by atoms with van der Waals surface area (Å²) in [5.41, 5.74) is 1.05. The fourth-order valence-corrected chi connectivity index (χ4v) is 1.94. The molecule has 0 bridgehead atoms. The van der Waals surface area contributed by atoms with E-state index < -0.39 is 5.97 Å². The zero-order chi connectivity index (χ0) is 14.7. The smallest absolute Gasteiger partial charge is 0.339 e. The molecule has 0 saturated carbocycles. The molecule has 104 valence electrons. The quantitative estimate of drug-likeness (QED) is 0.903. The lowest BCUT2D eigenvalue weighted by molar-refractivity contribution is 0.0693. The number of halogens is 1. The van der Waals surface area contributed by atoms with Crippen molar-refractivity contribution in [1.82, 2.24) is 0 Å². The lowest BCUT2D eigenvalue weighted by Crippen LogP contribution is -2.03. The SMILES string of the molecule is Cc1cc(COc2ccc(Cl)cc2)c(O)c(C(=O)O)c1. The first-order chi connectivity index (χ1) is 9.47. The van der Waals surface area contributed by atoms with Gasteiger partial charge in [0.2, 0.25) is 0 Å². The van der Waals surface area contributed by atoms with Crippen LogP contribution in [-0.4, -0.2) is 16.2 Å². The summed E-state index contributed by atoms with van der Waals surface area (Å²) < 4.78 is 5.51. The van der Waals surface area contributed by atoms with Gasteiger partial charge in [-0.1, -0.05) is 11.6 Å². The molecule has 0 spiro atoms. The lowest BCUT2D eigenvalue weighted by atomic mass is 10.1. The molecular formula is C15H13ClO4. The van der Waals surface area contributed by atoms with Gasteiger partial charge < -0.3 is 14.9 Å². The van der Waals surface area contributed by atoms with Crippen LogP contribution in [0.3, 0.4) is 0 Å². The number of carbonyl (C=O) groups is 1. The van der Waals surface area contributed by atoms with Gasteiger partial charge in [0.1, 0.15) is 23.7 Å². The van der Waals surface area contributed by atoms with Crippen LogP contribution in [0.5, 0.6) is 11.5 Å². The molecule has 0 fully saturated rings. The van der Waals surface area contributed by atoms with E-state index in [-0.39, 0.29) is 17.9 Å². The summed E-state index contributed by atoms with van der Waals surface area (Å²) in [6, 6.07) is 9.90. The average Bonchev–Trinajstić information content (AvgIpc) is 2.41. The van der Waals surface area contributed by atoms with Crippen LogP contribution in [0.25, 0.3) is 0 Å². The topological polar surface area (TPSA) is 66.8 Å². The van der Waals surface area contributed by atoms with Crippen molar-refractivity contribution in [2.75, 3.05) is 0 Å². The molecule has 2 aromatic rings. The molecule has 2 rings (SSSR count). The molecule has 0 heterocycles. The van der Waals surface area contributed by atoms with Crippen LogP contribution in [0, 0.1) is 6.92 Å². The molecule has 4 nitrogen and oxygen atoms in total. The Kier molecular flexibility index (Phi) is 4.15.